The first-order valence-electron chi connectivity index (χ1n) is 6.26. The number of nitrogens with zero attached hydrogens (tertiary/aromatic N) is 2. The molecule has 1 N–H and O–H groups in total. The van der Waals surface area contributed by atoms with E-state index in [1.165, 1.54) is 0 Å². The molecule has 2 aliphatic heterocycles. The van der Waals surface area contributed by atoms with Crippen molar-refractivity contribution >= 4 is 5.91 Å². The second kappa shape index (κ2) is 4.09. The Kier molecular flexibility index (Phi) is 3.14. The van der Waals surface area contributed by atoms with Crippen molar-refractivity contribution in [3.63, 3.8) is 0 Å². The lowest BCUT2D eigenvalue weighted by Crippen LogP contribution is -2.76. The normalized spacial score (nSPS) is 24.9. The average molecular weight is 280 g/mol. The van der Waals surface area contributed by atoms with Gasteiger partial charge in [0.1, 0.15) is 0 Å². The molecule has 0 radical (unpaired) electrons. The molecule has 19 heavy (non-hydrogen) atoms. The van der Waals surface area contributed by atoms with Crippen LogP contribution >= 0.6 is 0 Å². The lowest BCUT2D eigenvalue weighted by Gasteiger charge is -2.55. The van der Waals surface area contributed by atoms with E-state index in [1.807, 2.05) is 20.8 Å². The molecule has 0 aromatic rings. The molecule has 0 saturated carbocycles. The van der Waals surface area contributed by atoms with Crippen LogP contribution in [0.5, 0.6) is 0 Å². The number of amides is 1. The van der Waals surface area contributed by atoms with Gasteiger partial charge in [0.15, 0.2) is 5.60 Å². The minimum Gasteiger partial charge on any atom is -0.378 e. The van der Waals surface area contributed by atoms with E-state index in [2.05, 4.69) is 0 Å². The highest BCUT2D eigenvalue weighted by Gasteiger charge is 2.62. The highest BCUT2D eigenvalue weighted by atomic mass is 19.4. The van der Waals surface area contributed by atoms with Crippen molar-refractivity contribution in [2.75, 3.05) is 26.2 Å². The van der Waals surface area contributed by atoms with E-state index in [4.69, 9.17) is 0 Å². The van der Waals surface area contributed by atoms with Crippen LogP contribution in [0.15, 0.2) is 0 Å². The molecule has 4 nitrogen and oxygen atoms in total. The number of hydrogen-bond acceptors (Lipinski definition) is 3. The first kappa shape index (κ1) is 14.6. The maximum atomic E-state index is 12.5. The number of halogens is 3. The number of hydrogen-bond donors (Lipinski definition) is 1. The van der Waals surface area contributed by atoms with Crippen LogP contribution in [0.2, 0.25) is 0 Å². The van der Waals surface area contributed by atoms with Gasteiger partial charge >= 0.3 is 6.18 Å². The predicted molar refractivity (Wildman–Crippen MR) is 62.4 cm³/mol. The minimum atomic E-state index is -4.58. The fraction of sp³-hybridized carbons (Fsp3) is 0.917. The monoisotopic (exact) mass is 280 g/mol. The first-order chi connectivity index (χ1) is 8.44. The summed E-state index contributed by atoms with van der Waals surface area (Å²) in [4.78, 5) is 15.1. The zero-order valence-electron chi connectivity index (χ0n) is 11.3. The summed E-state index contributed by atoms with van der Waals surface area (Å²) in [5, 5.41) is 9.34. The SMILES string of the molecule is CC(C)(C)C(=O)N1CC(N2CC(O)(C(F)(F)F)C2)C1. The molecule has 0 bridgehead atoms. The second-order valence-electron chi connectivity index (χ2n) is 6.55. The van der Waals surface area contributed by atoms with Crippen LogP contribution in [0.3, 0.4) is 0 Å². The summed E-state index contributed by atoms with van der Waals surface area (Å²) in [7, 11) is 0. The van der Waals surface area contributed by atoms with E-state index < -0.39 is 30.3 Å². The maximum absolute atomic E-state index is 12.5. The van der Waals surface area contributed by atoms with Gasteiger partial charge in [-0.25, -0.2) is 0 Å². The van der Waals surface area contributed by atoms with Crippen LogP contribution < -0.4 is 0 Å². The van der Waals surface area contributed by atoms with Crippen molar-refractivity contribution in [1.82, 2.24) is 9.80 Å². The van der Waals surface area contributed by atoms with Gasteiger partial charge in [-0.15, -0.1) is 0 Å². The molecular formula is C12H19F3N2O2. The van der Waals surface area contributed by atoms with E-state index in [-0.39, 0.29) is 11.9 Å². The number of likely N-dealkylation sites (tertiary alicyclic amines) is 2. The van der Waals surface area contributed by atoms with Crippen molar-refractivity contribution in [3.05, 3.63) is 0 Å². The van der Waals surface area contributed by atoms with Crippen molar-refractivity contribution in [3.8, 4) is 0 Å². The summed E-state index contributed by atoms with van der Waals surface area (Å²) in [5.74, 6) is 0.00959. The Morgan fingerprint density at radius 1 is 1.21 bits per heavy atom. The largest absolute Gasteiger partial charge is 0.419 e. The molecule has 2 fully saturated rings. The molecule has 0 unspecified atom stereocenters. The first-order valence-corrected chi connectivity index (χ1v) is 6.26. The fourth-order valence-electron chi connectivity index (χ4n) is 2.39. The van der Waals surface area contributed by atoms with Gasteiger partial charge in [0.25, 0.3) is 0 Å². The maximum Gasteiger partial charge on any atom is 0.419 e. The summed E-state index contributed by atoms with van der Waals surface area (Å²) in [6.07, 6.45) is -4.58. The number of rotatable bonds is 1. The molecule has 110 valence electrons. The van der Waals surface area contributed by atoms with Gasteiger partial charge in [-0.2, -0.15) is 13.2 Å². The van der Waals surface area contributed by atoms with Crippen LogP contribution in [-0.4, -0.2) is 64.8 Å². The second-order valence-corrected chi connectivity index (χ2v) is 6.55. The molecule has 0 aromatic carbocycles. The molecule has 0 atom stereocenters. The molecule has 2 rings (SSSR count). The number of alkyl halides is 3. The Labute approximate surface area is 110 Å². The Balaban J connectivity index is 1.80. The summed E-state index contributed by atoms with van der Waals surface area (Å²) in [6, 6.07) is -0.0612. The van der Waals surface area contributed by atoms with Crippen molar-refractivity contribution in [1.29, 1.82) is 0 Å². The molecule has 7 heteroatoms. The molecule has 2 heterocycles. The third kappa shape index (κ3) is 2.45. The van der Waals surface area contributed by atoms with Gasteiger partial charge in [-0.3, -0.25) is 9.69 Å². The van der Waals surface area contributed by atoms with Crippen molar-refractivity contribution in [2.45, 2.75) is 38.6 Å². The van der Waals surface area contributed by atoms with Crippen LogP contribution in [0.4, 0.5) is 13.2 Å². The zero-order chi connectivity index (χ0) is 14.6. The molecule has 0 aromatic heterocycles. The molecular weight excluding hydrogens is 261 g/mol. The average Bonchev–Trinajstić information content (AvgIpc) is 2.08. The molecule has 1 amide bonds. The quantitative estimate of drug-likeness (QED) is 0.774. The molecule has 2 saturated heterocycles. The summed E-state index contributed by atoms with van der Waals surface area (Å²) in [6.45, 7) is 5.56. The van der Waals surface area contributed by atoms with Crippen LogP contribution in [0, 0.1) is 5.41 Å². The smallest absolute Gasteiger partial charge is 0.378 e. The van der Waals surface area contributed by atoms with Gasteiger partial charge in [-0.05, 0) is 0 Å². The lowest BCUT2D eigenvalue weighted by molar-refractivity contribution is -0.309. The minimum absolute atomic E-state index is 0.00959. The van der Waals surface area contributed by atoms with Crippen LogP contribution in [-0.2, 0) is 4.79 Å². The molecule has 0 spiro atoms. The fourth-order valence-corrected chi connectivity index (χ4v) is 2.39. The third-order valence-corrected chi connectivity index (χ3v) is 3.76. The van der Waals surface area contributed by atoms with Crippen molar-refractivity contribution < 1.29 is 23.1 Å². The standard InChI is InChI=1S/C12H19F3N2O2/c1-10(2,3)9(18)16-4-8(5-16)17-6-11(19,7-17)12(13,14)15/h8,19H,4-7H2,1-3H3. The van der Waals surface area contributed by atoms with Crippen LogP contribution in [0.1, 0.15) is 20.8 Å². The van der Waals surface area contributed by atoms with Gasteiger partial charge < -0.3 is 10.0 Å². The number of carbonyl (C=O) groups is 1. The van der Waals surface area contributed by atoms with Gasteiger partial charge in [0.05, 0.1) is 0 Å². The summed E-state index contributed by atoms with van der Waals surface area (Å²) >= 11 is 0. The zero-order valence-corrected chi connectivity index (χ0v) is 11.3. The summed E-state index contributed by atoms with van der Waals surface area (Å²) < 4.78 is 37.4. The van der Waals surface area contributed by atoms with Gasteiger partial charge in [0.2, 0.25) is 5.91 Å². The van der Waals surface area contributed by atoms with Gasteiger partial charge in [-0.1, -0.05) is 20.8 Å². The third-order valence-electron chi connectivity index (χ3n) is 3.76. The Hall–Kier alpha value is -0.820. The van der Waals surface area contributed by atoms with E-state index in [9.17, 15) is 23.1 Å². The van der Waals surface area contributed by atoms with E-state index in [0.29, 0.717) is 13.1 Å². The highest BCUT2D eigenvalue weighted by Crippen LogP contribution is 2.39. The summed E-state index contributed by atoms with van der Waals surface area (Å²) in [5.41, 5.74) is -3.03. The number of β-amino-alcohol motifs (C(OH)–C–C–N with tert-alkyl or cyclic N) is 1. The predicted octanol–water partition coefficient (Wildman–Crippen LogP) is 0.852. The number of aliphatic hydroxyl groups is 1. The van der Waals surface area contributed by atoms with E-state index in [1.54, 1.807) is 9.80 Å². The van der Waals surface area contributed by atoms with Crippen molar-refractivity contribution in [2.24, 2.45) is 5.41 Å². The molecule has 0 aliphatic carbocycles. The van der Waals surface area contributed by atoms with E-state index in [0.717, 1.165) is 0 Å². The number of carbonyl (C=O) groups excluding carboxylic acids is 1. The molecule has 2 aliphatic rings. The van der Waals surface area contributed by atoms with Crippen LogP contribution in [0.25, 0.3) is 0 Å². The van der Waals surface area contributed by atoms with Gasteiger partial charge in [0, 0.05) is 37.6 Å². The lowest BCUT2D eigenvalue weighted by atomic mass is 9.87. The topological polar surface area (TPSA) is 43.8 Å². The Morgan fingerprint density at radius 2 is 1.68 bits per heavy atom. The Morgan fingerprint density at radius 3 is 2.05 bits per heavy atom. The Bertz CT molecular complexity index is 377. The van der Waals surface area contributed by atoms with E-state index >= 15 is 0 Å². The highest BCUT2D eigenvalue weighted by molar-refractivity contribution is 5.82.